The first-order valence-electron chi connectivity index (χ1n) is 10.5. The van der Waals surface area contributed by atoms with Gasteiger partial charge in [0.05, 0.1) is 12.2 Å². The molecule has 1 aromatic heterocycles. The molecular formula is C23H29N3O4. The number of rotatable bonds is 7. The molecule has 1 unspecified atom stereocenters. The lowest BCUT2D eigenvalue weighted by atomic mass is 10.00. The van der Waals surface area contributed by atoms with Crippen molar-refractivity contribution in [2.45, 2.75) is 52.5 Å². The van der Waals surface area contributed by atoms with Crippen molar-refractivity contribution in [1.82, 2.24) is 4.98 Å². The van der Waals surface area contributed by atoms with Gasteiger partial charge < -0.3 is 20.1 Å². The quantitative estimate of drug-likeness (QED) is 0.697. The minimum atomic E-state index is -0.992. The van der Waals surface area contributed by atoms with Crippen molar-refractivity contribution in [3.05, 3.63) is 47.2 Å². The average molecular weight is 412 g/mol. The van der Waals surface area contributed by atoms with Crippen molar-refractivity contribution in [3.63, 3.8) is 0 Å². The van der Waals surface area contributed by atoms with E-state index in [-0.39, 0.29) is 17.2 Å². The van der Waals surface area contributed by atoms with E-state index in [4.69, 9.17) is 4.74 Å². The van der Waals surface area contributed by atoms with Crippen molar-refractivity contribution in [2.75, 3.05) is 23.4 Å². The number of amides is 1. The highest BCUT2D eigenvalue weighted by molar-refractivity contribution is 6.03. The fourth-order valence-corrected chi connectivity index (χ4v) is 3.91. The van der Waals surface area contributed by atoms with Crippen LogP contribution in [0.1, 0.15) is 65.9 Å². The topological polar surface area (TPSA) is 91.8 Å². The lowest BCUT2D eigenvalue weighted by Gasteiger charge is -2.36. The first-order chi connectivity index (χ1) is 14.4. The van der Waals surface area contributed by atoms with Crippen LogP contribution >= 0.6 is 0 Å². The van der Waals surface area contributed by atoms with Crippen molar-refractivity contribution in [2.24, 2.45) is 0 Å². The van der Waals surface area contributed by atoms with Crippen LogP contribution in [-0.2, 0) is 0 Å². The molecular weight excluding hydrogens is 382 g/mol. The molecule has 2 N–H and O–H groups in total. The number of ether oxygens (including phenoxy) is 1. The molecule has 0 aliphatic carbocycles. The number of carboxylic acid groups (broad SMARTS) is 1. The number of aromatic carboxylic acids is 1. The predicted molar refractivity (Wildman–Crippen MR) is 117 cm³/mol. The van der Waals surface area contributed by atoms with Crippen LogP contribution in [0.15, 0.2) is 30.3 Å². The van der Waals surface area contributed by atoms with E-state index >= 15 is 0 Å². The molecule has 0 radical (unpaired) electrons. The summed E-state index contributed by atoms with van der Waals surface area (Å²) in [4.78, 5) is 31.0. The molecule has 1 aliphatic heterocycles. The number of carbonyl (C=O) groups excluding carboxylic acids is 1. The molecule has 1 aliphatic rings. The maximum absolute atomic E-state index is 12.9. The molecule has 30 heavy (non-hydrogen) atoms. The van der Waals surface area contributed by atoms with Crippen molar-refractivity contribution >= 4 is 23.4 Å². The molecule has 1 amide bonds. The summed E-state index contributed by atoms with van der Waals surface area (Å²) in [5.41, 5.74) is 1.59. The molecule has 2 heterocycles. The van der Waals surface area contributed by atoms with E-state index in [1.807, 2.05) is 13.0 Å². The van der Waals surface area contributed by atoms with E-state index in [9.17, 15) is 14.7 Å². The molecule has 1 aromatic carbocycles. The highest BCUT2D eigenvalue weighted by Gasteiger charge is 2.24. The summed E-state index contributed by atoms with van der Waals surface area (Å²) in [7, 11) is 0. The first-order valence-corrected chi connectivity index (χ1v) is 10.5. The Morgan fingerprint density at radius 1 is 1.23 bits per heavy atom. The molecule has 7 nitrogen and oxygen atoms in total. The summed E-state index contributed by atoms with van der Waals surface area (Å²) in [6, 6.07) is 8.67. The maximum Gasteiger partial charge on any atom is 0.335 e. The monoisotopic (exact) mass is 411 g/mol. The lowest BCUT2D eigenvalue weighted by Crippen LogP contribution is -2.39. The number of hydrogen-bond acceptors (Lipinski definition) is 5. The Morgan fingerprint density at radius 3 is 2.70 bits per heavy atom. The van der Waals surface area contributed by atoms with Gasteiger partial charge in [0, 0.05) is 30.4 Å². The second-order valence-corrected chi connectivity index (χ2v) is 7.52. The predicted octanol–water partition coefficient (Wildman–Crippen LogP) is 4.51. The Balaban J connectivity index is 1.88. The number of anilines is 2. The molecule has 160 valence electrons. The SMILES string of the molecule is CCOc1cc(C(=O)Nc2ccc(C(=O)O)c(C)c2)nc(N2CCCCC2CC)c1. The zero-order chi connectivity index (χ0) is 21.7. The fourth-order valence-electron chi connectivity index (χ4n) is 3.91. The highest BCUT2D eigenvalue weighted by atomic mass is 16.5. The minimum absolute atomic E-state index is 0.211. The van der Waals surface area contributed by atoms with Gasteiger partial charge in [0.25, 0.3) is 5.91 Å². The Morgan fingerprint density at radius 2 is 2.03 bits per heavy atom. The molecule has 2 aromatic rings. The van der Waals surface area contributed by atoms with E-state index in [2.05, 4.69) is 22.1 Å². The average Bonchev–Trinajstić information content (AvgIpc) is 2.73. The number of aromatic nitrogens is 1. The van der Waals surface area contributed by atoms with Crippen LogP contribution in [0.5, 0.6) is 5.75 Å². The van der Waals surface area contributed by atoms with Crippen LogP contribution in [-0.4, -0.2) is 41.2 Å². The number of benzene rings is 1. The zero-order valence-electron chi connectivity index (χ0n) is 17.8. The van der Waals surface area contributed by atoms with Crippen LogP contribution in [0.3, 0.4) is 0 Å². The smallest absolute Gasteiger partial charge is 0.335 e. The number of nitrogens with zero attached hydrogens (tertiary/aromatic N) is 2. The summed E-state index contributed by atoms with van der Waals surface area (Å²) >= 11 is 0. The van der Waals surface area contributed by atoms with E-state index < -0.39 is 5.97 Å². The fraction of sp³-hybridized carbons (Fsp3) is 0.435. The second kappa shape index (κ2) is 9.61. The third-order valence-electron chi connectivity index (χ3n) is 5.44. The normalized spacial score (nSPS) is 16.2. The van der Waals surface area contributed by atoms with Gasteiger partial charge in [0.2, 0.25) is 0 Å². The Labute approximate surface area is 177 Å². The Hall–Kier alpha value is -3.09. The molecule has 0 saturated carbocycles. The van der Waals surface area contributed by atoms with E-state index in [0.717, 1.165) is 31.6 Å². The molecule has 1 fully saturated rings. The number of hydrogen-bond donors (Lipinski definition) is 2. The van der Waals surface area contributed by atoms with E-state index in [0.29, 0.717) is 29.6 Å². The van der Waals surface area contributed by atoms with Crippen molar-refractivity contribution < 1.29 is 19.4 Å². The number of piperidine rings is 1. The van der Waals surface area contributed by atoms with E-state index in [1.165, 1.54) is 12.5 Å². The van der Waals surface area contributed by atoms with Crippen LogP contribution < -0.4 is 15.0 Å². The molecule has 1 saturated heterocycles. The second-order valence-electron chi connectivity index (χ2n) is 7.52. The molecule has 7 heteroatoms. The number of carboxylic acids is 1. The first kappa shape index (κ1) is 21.6. The van der Waals surface area contributed by atoms with Gasteiger partial charge in [-0.15, -0.1) is 0 Å². The van der Waals surface area contributed by atoms with Gasteiger partial charge in [-0.3, -0.25) is 4.79 Å². The van der Waals surface area contributed by atoms with Crippen LogP contribution in [0.4, 0.5) is 11.5 Å². The lowest BCUT2D eigenvalue weighted by molar-refractivity contribution is 0.0696. The van der Waals surface area contributed by atoms with Crippen molar-refractivity contribution in [3.8, 4) is 5.75 Å². The summed E-state index contributed by atoms with van der Waals surface area (Å²) in [5, 5.41) is 12.0. The summed E-state index contributed by atoms with van der Waals surface area (Å²) in [6.07, 6.45) is 4.46. The molecule has 3 rings (SSSR count). The van der Waals surface area contributed by atoms with E-state index in [1.54, 1.807) is 25.1 Å². The van der Waals surface area contributed by atoms with Crippen LogP contribution in [0.25, 0.3) is 0 Å². The maximum atomic E-state index is 12.9. The van der Waals surface area contributed by atoms with Gasteiger partial charge in [-0.05, 0) is 63.3 Å². The largest absolute Gasteiger partial charge is 0.494 e. The minimum Gasteiger partial charge on any atom is -0.494 e. The molecule has 0 bridgehead atoms. The summed E-state index contributed by atoms with van der Waals surface area (Å²) in [5.74, 6) is 0.0268. The van der Waals surface area contributed by atoms with Gasteiger partial charge in [-0.2, -0.15) is 0 Å². The molecule has 0 spiro atoms. The van der Waals surface area contributed by atoms with Crippen LogP contribution in [0, 0.1) is 6.92 Å². The Bertz CT molecular complexity index is 929. The van der Waals surface area contributed by atoms with Gasteiger partial charge in [-0.25, -0.2) is 9.78 Å². The van der Waals surface area contributed by atoms with Gasteiger partial charge in [0.15, 0.2) is 0 Å². The number of nitrogens with one attached hydrogen (secondary N) is 1. The van der Waals surface area contributed by atoms with Crippen LogP contribution in [0.2, 0.25) is 0 Å². The third-order valence-corrected chi connectivity index (χ3v) is 5.44. The number of carbonyl (C=O) groups is 2. The van der Waals surface area contributed by atoms with Gasteiger partial charge >= 0.3 is 5.97 Å². The van der Waals surface area contributed by atoms with Crippen molar-refractivity contribution in [1.29, 1.82) is 0 Å². The number of pyridine rings is 1. The summed E-state index contributed by atoms with van der Waals surface area (Å²) < 4.78 is 5.70. The zero-order valence-corrected chi connectivity index (χ0v) is 17.8. The highest BCUT2D eigenvalue weighted by Crippen LogP contribution is 2.29. The standard InChI is InChI=1S/C23H29N3O4/c1-4-17-8-6-7-11-26(17)21-14-18(30-5-2)13-20(25-21)22(27)24-16-9-10-19(23(28)29)15(3)12-16/h9-10,12-14,17H,4-8,11H2,1-3H3,(H,24,27)(H,28,29). The number of aryl methyl sites for hydroxylation is 1. The van der Waals surface area contributed by atoms with Gasteiger partial charge in [-0.1, -0.05) is 6.92 Å². The Kier molecular flexibility index (Phi) is 6.92. The van der Waals surface area contributed by atoms with Gasteiger partial charge in [0.1, 0.15) is 17.3 Å². The third kappa shape index (κ3) is 4.90. The molecule has 1 atom stereocenters. The summed E-state index contributed by atoms with van der Waals surface area (Å²) in [6.45, 7) is 7.19.